The predicted octanol–water partition coefficient (Wildman–Crippen LogP) is -1.12. The molecule has 0 saturated heterocycles. The standard InChI is InChI=1S/C7H8BNO3/c1-5-2-6(4-10)9-3-7(5)8(11)12/h2-4,11-12H,1H3. The van der Waals surface area contributed by atoms with Crippen LogP contribution in [0.25, 0.3) is 0 Å². The lowest BCUT2D eigenvalue weighted by molar-refractivity contribution is 0.111. The summed E-state index contributed by atoms with van der Waals surface area (Å²) in [5.74, 6) is 0. The minimum absolute atomic E-state index is 0.289. The molecule has 0 aliphatic rings. The largest absolute Gasteiger partial charge is 0.490 e. The number of nitrogens with zero attached hydrogens (tertiary/aromatic N) is 1. The Morgan fingerprint density at radius 3 is 2.67 bits per heavy atom. The minimum atomic E-state index is -1.53. The van der Waals surface area contributed by atoms with Gasteiger partial charge >= 0.3 is 7.12 Å². The highest BCUT2D eigenvalue weighted by atomic mass is 16.4. The van der Waals surface area contributed by atoms with Crippen LogP contribution in [0.2, 0.25) is 0 Å². The first-order valence-electron chi connectivity index (χ1n) is 3.43. The summed E-state index contributed by atoms with van der Waals surface area (Å²) in [6.45, 7) is 1.68. The Kier molecular flexibility index (Phi) is 2.57. The number of rotatable bonds is 2. The molecule has 1 rings (SSSR count). The van der Waals surface area contributed by atoms with Crippen molar-refractivity contribution in [2.75, 3.05) is 0 Å². The maximum atomic E-state index is 10.3. The van der Waals surface area contributed by atoms with Gasteiger partial charge in [-0.3, -0.25) is 9.78 Å². The van der Waals surface area contributed by atoms with Crippen LogP contribution >= 0.6 is 0 Å². The molecule has 0 unspecified atom stereocenters. The second-order valence-electron chi connectivity index (χ2n) is 2.46. The second kappa shape index (κ2) is 3.47. The van der Waals surface area contributed by atoms with E-state index < -0.39 is 7.12 Å². The average molecular weight is 165 g/mol. The molecule has 2 N–H and O–H groups in total. The highest BCUT2D eigenvalue weighted by Crippen LogP contribution is 1.95. The Labute approximate surface area is 70.0 Å². The minimum Gasteiger partial charge on any atom is -0.423 e. The lowest BCUT2D eigenvalue weighted by Crippen LogP contribution is -2.32. The van der Waals surface area contributed by atoms with E-state index in [0.717, 1.165) is 0 Å². The molecule has 0 aliphatic carbocycles. The SMILES string of the molecule is Cc1cc(C=O)ncc1B(O)O. The van der Waals surface area contributed by atoms with Crippen molar-refractivity contribution in [3.8, 4) is 0 Å². The smallest absolute Gasteiger partial charge is 0.423 e. The Bertz CT molecular complexity index is 301. The summed E-state index contributed by atoms with van der Waals surface area (Å²) in [4.78, 5) is 13.9. The number of hydrogen-bond donors (Lipinski definition) is 2. The van der Waals surface area contributed by atoms with Crippen LogP contribution in [0.1, 0.15) is 16.1 Å². The van der Waals surface area contributed by atoms with Crippen molar-refractivity contribution in [3.63, 3.8) is 0 Å². The monoisotopic (exact) mass is 165 g/mol. The third-order valence-electron chi connectivity index (χ3n) is 1.57. The van der Waals surface area contributed by atoms with Crippen LogP contribution in [0.15, 0.2) is 12.3 Å². The van der Waals surface area contributed by atoms with Gasteiger partial charge in [0.2, 0.25) is 0 Å². The molecular weight excluding hydrogens is 157 g/mol. The van der Waals surface area contributed by atoms with E-state index in [4.69, 9.17) is 10.0 Å². The molecule has 0 fully saturated rings. The van der Waals surface area contributed by atoms with Crippen molar-refractivity contribution in [1.29, 1.82) is 0 Å². The number of aldehydes is 1. The van der Waals surface area contributed by atoms with Gasteiger partial charge in [-0.05, 0) is 18.6 Å². The van der Waals surface area contributed by atoms with Gasteiger partial charge < -0.3 is 10.0 Å². The third kappa shape index (κ3) is 1.69. The summed E-state index contributed by atoms with van der Waals surface area (Å²) < 4.78 is 0. The number of pyridine rings is 1. The summed E-state index contributed by atoms with van der Waals surface area (Å²) in [5, 5.41) is 17.6. The van der Waals surface area contributed by atoms with Crippen LogP contribution in [-0.4, -0.2) is 28.4 Å². The quantitative estimate of drug-likeness (QED) is 0.430. The van der Waals surface area contributed by atoms with Crippen LogP contribution in [0, 0.1) is 6.92 Å². The lowest BCUT2D eigenvalue weighted by Gasteiger charge is -2.02. The van der Waals surface area contributed by atoms with Crippen LogP contribution in [0.4, 0.5) is 0 Å². The molecule has 5 heteroatoms. The Morgan fingerprint density at radius 2 is 2.25 bits per heavy atom. The molecule has 4 nitrogen and oxygen atoms in total. The first-order valence-corrected chi connectivity index (χ1v) is 3.43. The molecule has 0 aromatic carbocycles. The maximum absolute atomic E-state index is 10.3. The van der Waals surface area contributed by atoms with E-state index in [1.54, 1.807) is 6.92 Å². The molecule has 0 saturated carbocycles. The number of hydrogen-bond acceptors (Lipinski definition) is 4. The van der Waals surface area contributed by atoms with E-state index in [0.29, 0.717) is 17.3 Å². The summed E-state index contributed by atoms with van der Waals surface area (Å²) in [6, 6.07) is 1.50. The zero-order valence-electron chi connectivity index (χ0n) is 6.56. The summed E-state index contributed by atoms with van der Waals surface area (Å²) in [6.07, 6.45) is 1.89. The molecule has 0 bridgehead atoms. The van der Waals surface area contributed by atoms with Crippen LogP contribution < -0.4 is 5.46 Å². The van der Waals surface area contributed by atoms with Gasteiger partial charge in [-0.1, -0.05) is 0 Å². The molecule has 1 aromatic rings. The van der Waals surface area contributed by atoms with Gasteiger partial charge in [0.15, 0.2) is 6.29 Å². The number of aryl methyl sites for hydroxylation is 1. The molecular formula is C7H8BNO3. The topological polar surface area (TPSA) is 70.4 Å². The first-order chi connectivity index (χ1) is 5.65. The van der Waals surface area contributed by atoms with Gasteiger partial charge in [0.25, 0.3) is 0 Å². The molecule has 12 heavy (non-hydrogen) atoms. The zero-order valence-corrected chi connectivity index (χ0v) is 6.56. The van der Waals surface area contributed by atoms with Gasteiger partial charge in [-0.15, -0.1) is 0 Å². The Hall–Kier alpha value is -1.20. The number of aromatic nitrogens is 1. The van der Waals surface area contributed by atoms with E-state index in [2.05, 4.69) is 4.98 Å². The third-order valence-corrected chi connectivity index (χ3v) is 1.57. The fraction of sp³-hybridized carbons (Fsp3) is 0.143. The fourth-order valence-electron chi connectivity index (χ4n) is 0.923. The van der Waals surface area contributed by atoms with Crippen molar-refractivity contribution >= 4 is 18.9 Å². The van der Waals surface area contributed by atoms with Crippen molar-refractivity contribution in [1.82, 2.24) is 4.98 Å². The van der Waals surface area contributed by atoms with Gasteiger partial charge in [-0.2, -0.15) is 0 Å². The molecule has 1 heterocycles. The second-order valence-corrected chi connectivity index (χ2v) is 2.46. The first kappa shape index (κ1) is 8.90. The highest BCUT2D eigenvalue weighted by Gasteiger charge is 2.14. The van der Waals surface area contributed by atoms with Gasteiger partial charge in [0, 0.05) is 11.7 Å². The van der Waals surface area contributed by atoms with Crippen molar-refractivity contribution in [2.24, 2.45) is 0 Å². The molecule has 0 radical (unpaired) electrons. The molecule has 62 valence electrons. The maximum Gasteiger partial charge on any atom is 0.490 e. The summed E-state index contributed by atoms with van der Waals surface area (Å²) >= 11 is 0. The Balaban J connectivity index is 3.11. The number of carbonyl (C=O) groups is 1. The fourth-order valence-corrected chi connectivity index (χ4v) is 0.923. The normalized spacial score (nSPS) is 9.58. The molecule has 0 spiro atoms. The lowest BCUT2D eigenvalue weighted by atomic mass is 9.78. The van der Waals surface area contributed by atoms with Gasteiger partial charge in [0.05, 0.1) is 0 Å². The average Bonchev–Trinajstić information content (AvgIpc) is 2.03. The van der Waals surface area contributed by atoms with Crippen molar-refractivity contribution < 1.29 is 14.8 Å². The van der Waals surface area contributed by atoms with Gasteiger partial charge in [-0.25, -0.2) is 0 Å². The predicted molar refractivity (Wildman–Crippen MR) is 44.2 cm³/mol. The van der Waals surface area contributed by atoms with E-state index >= 15 is 0 Å². The molecule has 0 atom stereocenters. The molecule has 0 aliphatic heterocycles. The van der Waals surface area contributed by atoms with Crippen LogP contribution in [0.5, 0.6) is 0 Å². The number of carbonyl (C=O) groups excluding carboxylic acids is 1. The van der Waals surface area contributed by atoms with E-state index in [9.17, 15) is 4.79 Å². The van der Waals surface area contributed by atoms with Crippen molar-refractivity contribution in [2.45, 2.75) is 6.92 Å². The van der Waals surface area contributed by atoms with Crippen LogP contribution in [0.3, 0.4) is 0 Å². The van der Waals surface area contributed by atoms with E-state index in [1.165, 1.54) is 12.3 Å². The summed E-state index contributed by atoms with van der Waals surface area (Å²) in [5.41, 5.74) is 1.25. The summed E-state index contributed by atoms with van der Waals surface area (Å²) in [7, 11) is -1.53. The highest BCUT2D eigenvalue weighted by molar-refractivity contribution is 6.59. The Morgan fingerprint density at radius 1 is 1.58 bits per heavy atom. The van der Waals surface area contributed by atoms with Gasteiger partial charge in [0.1, 0.15) is 5.69 Å². The van der Waals surface area contributed by atoms with Crippen LogP contribution in [-0.2, 0) is 0 Å². The molecule has 1 aromatic heterocycles. The van der Waals surface area contributed by atoms with E-state index in [-0.39, 0.29) is 5.69 Å². The zero-order chi connectivity index (χ0) is 9.14. The molecule has 0 amide bonds. The van der Waals surface area contributed by atoms with E-state index in [1.807, 2.05) is 0 Å². The van der Waals surface area contributed by atoms with Crippen molar-refractivity contribution in [3.05, 3.63) is 23.5 Å².